The maximum Gasteiger partial charge on any atom is 0.290 e. The van der Waals surface area contributed by atoms with Crippen LogP contribution in [0.2, 0.25) is 0 Å². The van der Waals surface area contributed by atoms with Crippen LogP contribution < -0.4 is 10.1 Å². The second-order valence-corrected chi connectivity index (χ2v) is 11.3. The average molecular weight is 609 g/mol. The van der Waals surface area contributed by atoms with Crippen molar-refractivity contribution in [3.63, 3.8) is 0 Å². The lowest BCUT2D eigenvalue weighted by atomic mass is 9.88. The number of morpholine rings is 1. The van der Waals surface area contributed by atoms with Crippen LogP contribution in [0.3, 0.4) is 0 Å². The molecule has 12 heteroatoms. The molecule has 2 atom stereocenters. The van der Waals surface area contributed by atoms with Crippen molar-refractivity contribution in [2.75, 3.05) is 72.2 Å². The number of amides is 3. The van der Waals surface area contributed by atoms with E-state index in [9.17, 15) is 14.4 Å². The highest BCUT2D eigenvalue weighted by Gasteiger charge is 2.41. The second-order valence-electron chi connectivity index (χ2n) is 11.3. The minimum absolute atomic E-state index is 0.0358. The first-order valence-corrected chi connectivity index (χ1v) is 15.1. The van der Waals surface area contributed by atoms with Crippen molar-refractivity contribution in [1.29, 1.82) is 0 Å². The number of hydrogen-bond acceptors (Lipinski definition) is 8. The van der Waals surface area contributed by atoms with Gasteiger partial charge in [0.1, 0.15) is 5.75 Å². The van der Waals surface area contributed by atoms with Crippen molar-refractivity contribution in [3.8, 4) is 5.75 Å². The third kappa shape index (κ3) is 7.55. The Morgan fingerprint density at radius 2 is 1.70 bits per heavy atom. The molecule has 4 aliphatic heterocycles. The number of fused-ring (bicyclic) bond motifs is 5. The van der Waals surface area contributed by atoms with Crippen molar-refractivity contribution in [2.24, 2.45) is 5.92 Å². The summed E-state index contributed by atoms with van der Waals surface area (Å²) >= 11 is 0. The molecule has 236 valence electrons. The van der Waals surface area contributed by atoms with E-state index in [1.54, 1.807) is 4.90 Å². The lowest BCUT2D eigenvalue weighted by Crippen LogP contribution is -2.45. The molecule has 0 aliphatic carbocycles. The number of benzene rings is 2. The molecule has 3 amide bonds. The molecule has 0 spiro atoms. The number of carboxylic acid groups (broad SMARTS) is 1. The first-order chi connectivity index (χ1) is 21.5. The second kappa shape index (κ2) is 15.1. The van der Waals surface area contributed by atoms with E-state index in [-0.39, 0.29) is 36.0 Å². The van der Waals surface area contributed by atoms with Crippen LogP contribution in [-0.2, 0) is 37.1 Å². The largest absolute Gasteiger partial charge is 0.494 e. The molecule has 6 rings (SSSR count). The zero-order valence-corrected chi connectivity index (χ0v) is 24.8. The van der Waals surface area contributed by atoms with Crippen LogP contribution in [0.1, 0.15) is 39.4 Å². The third-order valence-electron chi connectivity index (χ3n) is 8.57. The van der Waals surface area contributed by atoms with E-state index in [0.717, 1.165) is 35.5 Å². The van der Waals surface area contributed by atoms with Gasteiger partial charge in [-0.3, -0.25) is 24.1 Å². The summed E-state index contributed by atoms with van der Waals surface area (Å²) in [7, 11) is 0. The Labute approximate surface area is 256 Å². The normalized spacial score (nSPS) is 22.3. The molecule has 2 bridgehead atoms. The number of nitrogens with zero attached hydrogens (tertiary/aromatic N) is 3. The fourth-order valence-electron chi connectivity index (χ4n) is 6.28. The molecule has 2 N–H and O–H groups in total. The number of carbonyl (C=O) groups is 4. The first-order valence-electron chi connectivity index (χ1n) is 15.1. The summed E-state index contributed by atoms with van der Waals surface area (Å²) in [5.74, 6) is 0.0810. The Balaban J connectivity index is 0.00000123. The van der Waals surface area contributed by atoms with Crippen LogP contribution in [0.25, 0.3) is 0 Å². The minimum Gasteiger partial charge on any atom is -0.494 e. The van der Waals surface area contributed by atoms with E-state index in [2.05, 4.69) is 10.2 Å². The van der Waals surface area contributed by atoms with Crippen LogP contribution in [-0.4, -0.2) is 116 Å². The molecule has 44 heavy (non-hydrogen) atoms. The van der Waals surface area contributed by atoms with Gasteiger partial charge in [0.15, 0.2) is 0 Å². The van der Waals surface area contributed by atoms with Crippen molar-refractivity contribution >= 4 is 24.2 Å². The van der Waals surface area contributed by atoms with Crippen molar-refractivity contribution in [2.45, 2.75) is 25.6 Å². The van der Waals surface area contributed by atoms with Gasteiger partial charge in [-0.2, -0.15) is 0 Å². The Hall–Kier alpha value is -4.00. The lowest BCUT2D eigenvalue weighted by Gasteiger charge is -2.28. The zero-order valence-electron chi connectivity index (χ0n) is 24.8. The molecule has 4 aliphatic rings. The SMILES string of the molecule is O=C1NCCN(C(=O)c2cccc3c2COC3)CCCOc2cccc(c2)[C@H]2CN(C(=O)CN3CCOCC3)C[C@H]12.O=CO. The Bertz CT molecular complexity index is 1330. The molecule has 2 aromatic rings. The number of rotatable bonds is 3. The van der Waals surface area contributed by atoms with Crippen molar-refractivity contribution in [1.82, 2.24) is 20.0 Å². The van der Waals surface area contributed by atoms with Crippen LogP contribution in [0.15, 0.2) is 42.5 Å². The fourth-order valence-corrected chi connectivity index (χ4v) is 6.28. The lowest BCUT2D eigenvalue weighted by molar-refractivity contribution is -0.133. The van der Waals surface area contributed by atoms with E-state index in [0.29, 0.717) is 84.3 Å². The quantitative estimate of drug-likeness (QED) is 0.495. The van der Waals surface area contributed by atoms with Gasteiger partial charge in [0.2, 0.25) is 11.8 Å². The smallest absolute Gasteiger partial charge is 0.290 e. The summed E-state index contributed by atoms with van der Waals surface area (Å²) in [6.07, 6.45) is 0.658. The predicted molar refractivity (Wildman–Crippen MR) is 159 cm³/mol. The Morgan fingerprint density at radius 1 is 0.932 bits per heavy atom. The summed E-state index contributed by atoms with van der Waals surface area (Å²) in [5, 5.41) is 9.98. The first kappa shape index (κ1) is 31.4. The number of nitrogens with one attached hydrogen (secondary N) is 1. The van der Waals surface area contributed by atoms with Crippen LogP contribution in [0.5, 0.6) is 5.75 Å². The molecule has 12 nitrogen and oxygen atoms in total. The summed E-state index contributed by atoms with van der Waals surface area (Å²) in [4.78, 5) is 54.6. The maximum absolute atomic E-state index is 13.6. The molecule has 0 unspecified atom stereocenters. The zero-order chi connectivity index (χ0) is 30.9. The highest BCUT2D eigenvalue weighted by atomic mass is 16.5. The number of carbonyl (C=O) groups excluding carboxylic acids is 3. The van der Waals surface area contributed by atoms with Gasteiger partial charge in [0.25, 0.3) is 12.4 Å². The molecule has 0 saturated carbocycles. The van der Waals surface area contributed by atoms with Gasteiger partial charge in [0.05, 0.1) is 45.5 Å². The van der Waals surface area contributed by atoms with Crippen LogP contribution in [0.4, 0.5) is 0 Å². The summed E-state index contributed by atoms with van der Waals surface area (Å²) in [5.41, 5.74) is 3.66. The fraction of sp³-hybridized carbons (Fsp3) is 0.500. The molecule has 0 radical (unpaired) electrons. The van der Waals surface area contributed by atoms with E-state index in [4.69, 9.17) is 24.1 Å². The minimum atomic E-state index is -0.388. The van der Waals surface area contributed by atoms with E-state index < -0.39 is 0 Å². The van der Waals surface area contributed by atoms with Gasteiger partial charge in [0, 0.05) is 57.3 Å². The predicted octanol–water partition coefficient (Wildman–Crippen LogP) is 1.33. The van der Waals surface area contributed by atoms with Gasteiger partial charge < -0.3 is 34.4 Å². The van der Waals surface area contributed by atoms with Gasteiger partial charge >= 0.3 is 0 Å². The van der Waals surface area contributed by atoms with Gasteiger partial charge in [-0.25, -0.2) is 0 Å². The number of hydrogen-bond donors (Lipinski definition) is 2. The molecular formula is C32H40N4O8. The van der Waals surface area contributed by atoms with E-state index in [1.165, 1.54) is 0 Å². The summed E-state index contributed by atoms with van der Waals surface area (Å²) < 4.78 is 17.1. The molecule has 0 aromatic heterocycles. The standard InChI is InChI=1S/C31H38N4O6.CH2O2/c36-29(19-33-11-14-39-15-12-33)35-17-26-22-4-1-6-24(16-22)41-13-3-9-34(10-8-32-30(37)27(26)18-35)31(38)25-7-2-5-23-20-40-21-28(23)25;2-1-3/h1-2,4-7,16,26-27H,3,8-15,17-21H2,(H,32,37);1H,(H,2,3)/t26-,27+;/m1./s1. The highest BCUT2D eigenvalue weighted by Crippen LogP contribution is 2.35. The van der Waals surface area contributed by atoms with E-state index >= 15 is 0 Å². The maximum atomic E-state index is 13.6. The molecule has 2 fully saturated rings. The third-order valence-corrected chi connectivity index (χ3v) is 8.57. The van der Waals surface area contributed by atoms with Crippen molar-refractivity contribution in [3.05, 3.63) is 64.7 Å². The summed E-state index contributed by atoms with van der Waals surface area (Å²) in [6, 6.07) is 13.6. The number of likely N-dealkylation sites (tertiary alicyclic amines) is 1. The monoisotopic (exact) mass is 608 g/mol. The highest BCUT2D eigenvalue weighted by molar-refractivity contribution is 5.96. The molecule has 2 saturated heterocycles. The Kier molecular flexibility index (Phi) is 10.8. The van der Waals surface area contributed by atoms with E-state index in [1.807, 2.05) is 47.4 Å². The number of ether oxygens (including phenoxy) is 3. The van der Waals surface area contributed by atoms with Gasteiger partial charge in [-0.15, -0.1) is 0 Å². The summed E-state index contributed by atoms with van der Waals surface area (Å²) in [6.45, 7) is 6.32. The van der Waals surface area contributed by atoms with Crippen LogP contribution in [0, 0.1) is 5.92 Å². The Morgan fingerprint density at radius 3 is 2.52 bits per heavy atom. The molecular weight excluding hydrogens is 568 g/mol. The van der Waals surface area contributed by atoms with Gasteiger partial charge in [-0.1, -0.05) is 24.3 Å². The van der Waals surface area contributed by atoms with Crippen LogP contribution >= 0.6 is 0 Å². The topological polar surface area (TPSA) is 138 Å². The molecule has 2 aromatic carbocycles. The van der Waals surface area contributed by atoms with Gasteiger partial charge in [-0.05, 0) is 41.3 Å². The average Bonchev–Trinajstić information content (AvgIpc) is 3.71. The van der Waals surface area contributed by atoms with Crippen molar-refractivity contribution < 1.29 is 38.5 Å². The molecule has 4 heterocycles.